The van der Waals surface area contributed by atoms with Crippen LogP contribution in [0.3, 0.4) is 0 Å². The van der Waals surface area contributed by atoms with Gasteiger partial charge in [0.15, 0.2) is 0 Å². The summed E-state index contributed by atoms with van der Waals surface area (Å²) in [4.78, 5) is 29.4. The number of piperazine rings is 1. The fourth-order valence-electron chi connectivity index (χ4n) is 7.14. The van der Waals surface area contributed by atoms with Crippen LogP contribution in [-0.2, 0) is 21.5 Å². The lowest BCUT2D eigenvalue weighted by molar-refractivity contribution is -0.128. The summed E-state index contributed by atoms with van der Waals surface area (Å²) < 4.78 is 35.9. The number of benzene rings is 2. The molecule has 0 radical (unpaired) electrons. The molecule has 3 aromatic rings. The molecule has 6 rings (SSSR count). The SMILES string of the molecule is COc1ccc2c(c1)C=C(C(=O)N1CCNC(CCO)C1)Cn1c-2c(C2CCCCC2)c2ccc(C(=O)NS(=O)(=O)N(C)C)cc21. The Morgan fingerprint density at radius 3 is 2.61 bits per heavy atom. The van der Waals surface area contributed by atoms with E-state index < -0.39 is 16.1 Å². The lowest BCUT2D eigenvalue weighted by Gasteiger charge is -2.34. The van der Waals surface area contributed by atoms with E-state index in [0.29, 0.717) is 43.3 Å². The van der Waals surface area contributed by atoms with Crippen molar-refractivity contribution in [3.05, 3.63) is 58.7 Å². The fourth-order valence-corrected chi connectivity index (χ4v) is 7.68. The van der Waals surface area contributed by atoms with Gasteiger partial charge in [-0.1, -0.05) is 25.3 Å². The summed E-state index contributed by atoms with van der Waals surface area (Å²) in [5.74, 6) is 0.211. The van der Waals surface area contributed by atoms with Crippen LogP contribution in [0.2, 0.25) is 0 Å². The highest BCUT2D eigenvalue weighted by Gasteiger charge is 2.33. The highest BCUT2D eigenvalue weighted by Crippen LogP contribution is 2.47. The molecule has 3 N–H and O–H groups in total. The Morgan fingerprint density at radius 1 is 1.11 bits per heavy atom. The van der Waals surface area contributed by atoms with Crippen LogP contribution in [0.4, 0.5) is 0 Å². The number of hydrogen-bond acceptors (Lipinski definition) is 7. The van der Waals surface area contributed by atoms with E-state index >= 15 is 0 Å². The number of methoxy groups -OCH3 is 1. The van der Waals surface area contributed by atoms with E-state index in [4.69, 9.17) is 4.74 Å². The number of nitrogens with one attached hydrogen (secondary N) is 2. The van der Waals surface area contributed by atoms with Gasteiger partial charge in [-0.15, -0.1) is 0 Å². The second-order valence-corrected chi connectivity index (χ2v) is 14.6. The molecule has 0 spiro atoms. The molecule has 11 nitrogen and oxygen atoms in total. The first-order valence-electron chi connectivity index (χ1n) is 16.0. The lowest BCUT2D eigenvalue weighted by atomic mass is 9.81. The van der Waals surface area contributed by atoms with E-state index in [1.807, 2.05) is 29.2 Å². The number of rotatable bonds is 8. The van der Waals surface area contributed by atoms with Crippen molar-refractivity contribution in [1.82, 2.24) is 23.8 Å². The topological polar surface area (TPSA) is 133 Å². The van der Waals surface area contributed by atoms with Crippen molar-refractivity contribution in [1.29, 1.82) is 0 Å². The summed E-state index contributed by atoms with van der Waals surface area (Å²) in [6.45, 7) is 2.03. The first-order valence-corrected chi connectivity index (χ1v) is 17.5. The van der Waals surface area contributed by atoms with Crippen LogP contribution in [0.5, 0.6) is 5.75 Å². The van der Waals surface area contributed by atoms with Crippen molar-refractivity contribution in [2.75, 3.05) is 47.4 Å². The van der Waals surface area contributed by atoms with Crippen molar-refractivity contribution in [2.45, 2.75) is 57.0 Å². The van der Waals surface area contributed by atoms with Gasteiger partial charge in [0, 0.05) is 74.0 Å². The molecule has 1 aromatic heterocycles. The van der Waals surface area contributed by atoms with Crippen LogP contribution in [0.25, 0.3) is 28.2 Å². The van der Waals surface area contributed by atoms with Crippen LogP contribution >= 0.6 is 0 Å². The van der Waals surface area contributed by atoms with Gasteiger partial charge in [0.05, 0.1) is 19.3 Å². The van der Waals surface area contributed by atoms with Gasteiger partial charge in [0.25, 0.3) is 11.8 Å². The van der Waals surface area contributed by atoms with E-state index in [9.17, 15) is 23.1 Å². The monoisotopic (exact) mass is 649 g/mol. The van der Waals surface area contributed by atoms with E-state index in [-0.39, 0.29) is 30.7 Å². The van der Waals surface area contributed by atoms with E-state index in [2.05, 4.69) is 20.7 Å². The molecule has 1 saturated heterocycles. The van der Waals surface area contributed by atoms with E-state index in [0.717, 1.165) is 57.7 Å². The van der Waals surface area contributed by atoms with Gasteiger partial charge in [0.2, 0.25) is 0 Å². The number of aromatic nitrogens is 1. The zero-order chi connectivity index (χ0) is 32.6. The van der Waals surface area contributed by atoms with Crippen molar-refractivity contribution in [3.8, 4) is 17.0 Å². The smallest absolute Gasteiger partial charge is 0.303 e. The third kappa shape index (κ3) is 6.18. The second kappa shape index (κ2) is 13.2. The number of amides is 2. The Bertz CT molecular complexity index is 1790. The van der Waals surface area contributed by atoms with E-state index in [1.165, 1.54) is 26.1 Å². The number of aliphatic hydroxyl groups is 1. The van der Waals surface area contributed by atoms with Crippen molar-refractivity contribution in [2.24, 2.45) is 0 Å². The largest absolute Gasteiger partial charge is 0.497 e. The number of aliphatic hydroxyl groups excluding tert-OH is 1. The average Bonchev–Trinajstić information content (AvgIpc) is 3.27. The second-order valence-electron chi connectivity index (χ2n) is 12.7. The van der Waals surface area contributed by atoms with Gasteiger partial charge in [-0.25, -0.2) is 4.72 Å². The number of hydrogen-bond donors (Lipinski definition) is 3. The Morgan fingerprint density at radius 2 is 1.89 bits per heavy atom. The summed E-state index contributed by atoms with van der Waals surface area (Å²) >= 11 is 0. The normalized spacial score (nSPS) is 18.9. The van der Waals surface area contributed by atoms with Crippen LogP contribution in [-0.4, -0.2) is 92.6 Å². The third-order valence-electron chi connectivity index (χ3n) is 9.55. The molecular formula is C34H43N5O6S. The maximum atomic E-state index is 14.3. The molecule has 12 heteroatoms. The number of nitrogens with zero attached hydrogens (tertiary/aromatic N) is 3. The molecule has 3 heterocycles. The Labute approximate surface area is 270 Å². The molecule has 0 bridgehead atoms. The molecule has 1 saturated carbocycles. The van der Waals surface area contributed by atoms with E-state index in [1.54, 1.807) is 19.2 Å². The fraction of sp³-hybridized carbons (Fsp3) is 0.471. The molecule has 2 aromatic carbocycles. The summed E-state index contributed by atoms with van der Waals surface area (Å²) in [7, 11) is 0.372. The molecule has 2 amide bonds. The Balaban J connectivity index is 1.53. The quantitative estimate of drug-likeness (QED) is 0.340. The zero-order valence-corrected chi connectivity index (χ0v) is 27.5. The molecule has 1 atom stereocenters. The molecule has 1 aliphatic carbocycles. The third-order valence-corrected chi connectivity index (χ3v) is 11.0. The minimum Gasteiger partial charge on any atom is -0.497 e. The standard InChI is InChI=1S/C34H43N5O6S/c1-37(2)46(43,44)36-33(41)23-9-11-29-30(19-23)39-20-25(34(42)38-15-14-35-26(21-38)13-16-40)17-24-18-27(45-3)10-12-28(24)32(39)31(29)22-7-5-4-6-8-22/h9-12,17-19,22,26,35,40H,4-8,13-16,20-21H2,1-3H3,(H,36,41). The summed E-state index contributed by atoms with van der Waals surface area (Å²) in [6, 6.07) is 11.3. The molecule has 3 aliphatic rings. The van der Waals surface area contributed by atoms with Crippen molar-refractivity contribution in [3.63, 3.8) is 0 Å². The Hall–Kier alpha value is -3.71. The summed E-state index contributed by atoms with van der Waals surface area (Å²) in [6.07, 6.45) is 8.09. The molecule has 246 valence electrons. The summed E-state index contributed by atoms with van der Waals surface area (Å²) in [5.41, 5.74) is 5.72. The van der Waals surface area contributed by atoms with Crippen molar-refractivity contribution >= 4 is 39.0 Å². The maximum absolute atomic E-state index is 14.3. The number of fused-ring (bicyclic) bond motifs is 5. The molecule has 2 aliphatic heterocycles. The van der Waals surface area contributed by atoms with Crippen LogP contribution in [0.15, 0.2) is 42.0 Å². The summed E-state index contributed by atoms with van der Waals surface area (Å²) in [5, 5.41) is 13.9. The van der Waals surface area contributed by atoms with Crippen LogP contribution in [0.1, 0.15) is 65.9 Å². The van der Waals surface area contributed by atoms with Gasteiger partial charge in [-0.05, 0) is 72.7 Å². The van der Waals surface area contributed by atoms with Gasteiger partial charge in [0.1, 0.15) is 5.75 Å². The highest BCUT2D eigenvalue weighted by atomic mass is 32.2. The minimum atomic E-state index is -3.99. The van der Waals surface area contributed by atoms with Gasteiger partial charge in [-0.2, -0.15) is 12.7 Å². The molecular weight excluding hydrogens is 606 g/mol. The molecule has 46 heavy (non-hydrogen) atoms. The zero-order valence-electron chi connectivity index (χ0n) is 26.7. The predicted molar refractivity (Wildman–Crippen MR) is 178 cm³/mol. The lowest BCUT2D eigenvalue weighted by Crippen LogP contribution is -2.53. The predicted octanol–water partition coefficient (Wildman–Crippen LogP) is 3.48. The van der Waals surface area contributed by atoms with Gasteiger partial charge in [-0.3, -0.25) is 9.59 Å². The number of carbonyl (C=O) groups is 2. The molecule has 1 unspecified atom stereocenters. The van der Waals surface area contributed by atoms with Crippen LogP contribution in [0, 0.1) is 0 Å². The first kappa shape index (κ1) is 32.2. The van der Waals surface area contributed by atoms with Gasteiger partial charge < -0.3 is 24.6 Å². The molecule has 2 fully saturated rings. The van der Waals surface area contributed by atoms with Crippen LogP contribution < -0.4 is 14.8 Å². The van der Waals surface area contributed by atoms with Crippen molar-refractivity contribution < 1.29 is 27.9 Å². The minimum absolute atomic E-state index is 0.0156. The highest BCUT2D eigenvalue weighted by molar-refractivity contribution is 7.87. The first-order chi connectivity index (χ1) is 22.1. The van der Waals surface area contributed by atoms with Gasteiger partial charge >= 0.3 is 10.2 Å². The average molecular weight is 650 g/mol. The Kier molecular flexibility index (Phi) is 9.24. The number of carbonyl (C=O) groups excluding carboxylic acids is 2. The maximum Gasteiger partial charge on any atom is 0.303 e. The number of ether oxygens (including phenoxy) is 1.